The number of nitrogens with zero attached hydrogens (tertiary/aromatic N) is 1. The molecular formula is C6H12N2O. The lowest BCUT2D eigenvalue weighted by Crippen LogP contribution is -1.99. The molecule has 0 aromatic rings. The SMILES string of the molecule is C=CC#N.NCCCO. The highest BCUT2D eigenvalue weighted by Crippen LogP contribution is 1.62. The van der Waals surface area contributed by atoms with E-state index in [1.54, 1.807) is 6.07 Å². The highest BCUT2D eigenvalue weighted by atomic mass is 16.2. The third kappa shape index (κ3) is 41.0. The highest BCUT2D eigenvalue weighted by molar-refractivity contribution is 4.93. The fourth-order valence-electron chi connectivity index (χ4n) is 0.0913. The van der Waals surface area contributed by atoms with E-state index in [2.05, 4.69) is 6.58 Å². The van der Waals surface area contributed by atoms with Crippen molar-refractivity contribution in [3.8, 4) is 6.07 Å². The van der Waals surface area contributed by atoms with Gasteiger partial charge in [0.05, 0.1) is 6.07 Å². The first-order chi connectivity index (χ1) is 4.33. The van der Waals surface area contributed by atoms with Crippen LogP contribution in [-0.4, -0.2) is 18.3 Å². The van der Waals surface area contributed by atoms with Crippen molar-refractivity contribution in [2.75, 3.05) is 13.2 Å². The molecule has 3 nitrogen and oxygen atoms in total. The van der Waals surface area contributed by atoms with Crippen LogP contribution < -0.4 is 5.73 Å². The average molecular weight is 128 g/mol. The maximum absolute atomic E-state index is 7.99. The second-order valence-electron chi connectivity index (χ2n) is 1.20. The van der Waals surface area contributed by atoms with Crippen LogP contribution >= 0.6 is 0 Å². The minimum Gasteiger partial charge on any atom is -0.396 e. The van der Waals surface area contributed by atoms with Crippen LogP contribution in [0.3, 0.4) is 0 Å². The summed E-state index contributed by atoms with van der Waals surface area (Å²) in [6.07, 6.45) is 1.90. The highest BCUT2D eigenvalue weighted by Gasteiger charge is 1.69. The van der Waals surface area contributed by atoms with E-state index >= 15 is 0 Å². The molecule has 0 heterocycles. The Morgan fingerprint density at radius 2 is 2.22 bits per heavy atom. The molecule has 0 rings (SSSR count). The molecule has 52 valence electrons. The molecule has 0 spiro atoms. The molecule has 0 saturated heterocycles. The Bertz CT molecular complexity index is 83.5. The lowest BCUT2D eigenvalue weighted by atomic mass is 10.5. The molecule has 0 radical (unpaired) electrons. The van der Waals surface area contributed by atoms with E-state index in [0.29, 0.717) is 6.54 Å². The first kappa shape index (κ1) is 11.0. The van der Waals surface area contributed by atoms with Gasteiger partial charge in [-0.25, -0.2) is 0 Å². The van der Waals surface area contributed by atoms with Crippen LogP contribution in [0.25, 0.3) is 0 Å². The summed E-state index contributed by atoms with van der Waals surface area (Å²) in [6, 6.07) is 1.69. The van der Waals surface area contributed by atoms with Crippen molar-refractivity contribution in [3.63, 3.8) is 0 Å². The molecule has 0 aliphatic rings. The third-order valence-corrected chi connectivity index (χ3v) is 0.454. The van der Waals surface area contributed by atoms with Crippen LogP contribution in [0.15, 0.2) is 12.7 Å². The van der Waals surface area contributed by atoms with Crippen LogP contribution in [0.1, 0.15) is 6.42 Å². The zero-order chi connectivity index (χ0) is 7.54. The van der Waals surface area contributed by atoms with Gasteiger partial charge in [0.2, 0.25) is 0 Å². The fraction of sp³-hybridized carbons (Fsp3) is 0.500. The van der Waals surface area contributed by atoms with Gasteiger partial charge in [0.1, 0.15) is 0 Å². The molecule has 0 atom stereocenters. The van der Waals surface area contributed by atoms with Crippen LogP contribution in [-0.2, 0) is 0 Å². The normalized spacial score (nSPS) is 6.33. The largest absolute Gasteiger partial charge is 0.396 e. The Labute approximate surface area is 55.4 Å². The van der Waals surface area contributed by atoms with Gasteiger partial charge in [-0.05, 0) is 13.0 Å². The van der Waals surface area contributed by atoms with Gasteiger partial charge in [-0.2, -0.15) is 5.26 Å². The van der Waals surface area contributed by atoms with Gasteiger partial charge in [0.25, 0.3) is 0 Å². The molecular weight excluding hydrogens is 116 g/mol. The van der Waals surface area contributed by atoms with Gasteiger partial charge in [-0.1, -0.05) is 6.58 Å². The molecule has 3 N–H and O–H groups in total. The molecule has 3 heteroatoms. The molecule has 0 aliphatic heterocycles. The summed E-state index contributed by atoms with van der Waals surface area (Å²) >= 11 is 0. The Morgan fingerprint density at radius 3 is 2.22 bits per heavy atom. The summed E-state index contributed by atoms with van der Waals surface area (Å²) in [4.78, 5) is 0. The maximum atomic E-state index is 7.99. The van der Waals surface area contributed by atoms with Crippen molar-refractivity contribution < 1.29 is 5.11 Å². The van der Waals surface area contributed by atoms with Crippen molar-refractivity contribution in [3.05, 3.63) is 12.7 Å². The minimum absolute atomic E-state index is 0.219. The summed E-state index contributed by atoms with van der Waals surface area (Å²) < 4.78 is 0. The van der Waals surface area contributed by atoms with Crippen LogP contribution in [0.5, 0.6) is 0 Å². The number of allylic oxidation sites excluding steroid dienone is 1. The van der Waals surface area contributed by atoms with E-state index in [0.717, 1.165) is 6.42 Å². The minimum atomic E-state index is 0.219. The molecule has 0 amide bonds. The zero-order valence-electron chi connectivity index (χ0n) is 5.38. The van der Waals surface area contributed by atoms with Crippen LogP contribution in [0.2, 0.25) is 0 Å². The summed E-state index contributed by atoms with van der Waals surface area (Å²) in [6.45, 7) is 3.93. The Hall–Kier alpha value is -0.850. The van der Waals surface area contributed by atoms with Crippen molar-refractivity contribution in [1.29, 1.82) is 5.26 Å². The number of aliphatic hydroxyl groups excluding tert-OH is 1. The maximum Gasteiger partial charge on any atom is 0.0905 e. The number of nitrogens with two attached hydrogens (primary N) is 1. The Kier molecular flexibility index (Phi) is 19.2. The van der Waals surface area contributed by atoms with E-state index in [1.165, 1.54) is 6.08 Å². The number of hydrogen-bond acceptors (Lipinski definition) is 3. The summed E-state index contributed by atoms with van der Waals surface area (Å²) in [5.74, 6) is 0. The fourth-order valence-corrected chi connectivity index (χ4v) is 0.0913. The molecule has 0 fully saturated rings. The van der Waals surface area contributed by atoms with E-state index in [4.69, 9.17) is 16.1 Å². The molecule has 0 bridgehead atoms. The monoisotopic (exact) mass is 128 g/mol. The van der Waals surface area contributed by atoms with E-state index in [-0.39, 0.29) is 6.61 Å². The lowest BCUT2D eigenvalue weighted by Gasteiger charge is -1.80. The summed E-state index contributed by atoms with van der Waals surface area (Å²) in [5.41, 5.74) is 4.98. The molecule has 0 saturated carbocycles. The lowest BCUT2D eigenvalue weighted by molar-refractivity contribution is 0.291. The molecule has 0 aromatic heterocycles. The quantitative estimate of drug-likeness (QED) is 0.515. The number of aliphatic hydroxyl groups is 1. The molecule has 0 aromatic carbocycles. The van der Waals surface area contributed by atoms with Gasteiger partial charge in [-0.15, -0.1) is 0 Å². The van der Waals surface area contributed by atoms with E-state index < -0.39 is 0 Å². The van der Waals surface area contributed by atoms with Crippen molar-refractivity contribution in [1.82, 2.24) is 0 Å². The van der Waals surface area contributed by atoms with Crippen molar-refractivity contribution in [2.24, 2.45) is 5.73 Å². The second kappa shape index (κ2) is 15.7. The van der Waals surface area contributed by atoms with Gasteiger partial charge in [-0.3, -0.25) is 0 Å². The second-order valence-corrected chi connectivity index (χ2v) is 1.20. The molecule has 9 heavy (non-hydrogen) atoms. The van der Waals surface area contributed by atoms with Crippen LogP contribution in [0.4, 0.5) is 0 Å². The van der Waals surface area contributed by atoms with Gasteiger partial charge < -0.3 is 10.8 Å². The van der Waals surface area contributed by atoms with Crippen LogP contribution in [0, 0.1) is 11.3 Å². The smallest absolute Gasteiger partial charge is 0.0905 e. The molecule has 0 unspecified atom stereocenters. The van der Waals surface area contributed by atoms with Gasteiger partial charge in [0, 0.05) is 12.7 Å². The van der Waals surface area contributed by atoms with E-state index in [1.807, 2.05) is 0 Å². The van der Waals surface area contributed by atoms with Crippen molar-refractivity contribution >= 4 is 0 Å². The summed E-state index contributed by atoms with van der Waals surface area (Å²) in [5, 5.41) is 15.5. The predicted molar refractivity (Wildman–Crippen MR) is 36.6 cm³/mol. The van der Waals surface area contributed by atoms with Crippen molar-refractivity contribution in [2.45, 2.75) is 6.42 Å². The Balaban J connectivity index is 0. The predicted octanol–water partition coefficient (Wildman–Crippen LogP) is 0.0235. The van der Waals surface area contributed by atoms with Gasteiger partial charge >= 0.3 is 0 Å². The summed E-state index contributed by atoms with van der Waals surface area (Å²) in [7, 11) is 0. The number of rotatable bonds is 2. The van der Waals surface area contributed by atoms with Gasteiger partial charge in [0.15, 0.2) is 0 Å². The Morgan fingerprint density at radius 1 is 1.78 bits per heavy atom. The topological polar surface area (TPSA) is 70.0 Å². The van der Waals surface area contributed by atoms with E-state index in [9.17, 15) is 0 Å². The average Bonchev–Trinajstić information content (AvgIpc) is 1.91. The number of nitriles is 1. The first-order valence-electron chi connectivity index (χ1n) is 2.65. The molecule has 0 aliphatic carbocycles. The standard InChI is InChI=1S/C3H9NO.C3H3N/c4-2-1-3-5;1-2-3-4/h5H,1-4H2;2H,1H2. The zero-order valence-corrected chi connectivity index (χ0v) is 5.38. The third-order valence-electron chi connectivity index (χ3n) is 0.454. The first-order valence-corrected chi connectivity index (χ1v) is 2.65. The number of hydrogen-bond donors (Lipinski definition) is 2.